The van der Waals surface area contributed by atoms with Crippen molar-refractivity contribution in [1.29, 1.82) is 5.26 Å². The number of rotatable bonds is 2. The first-order valence-corrected chi connectivity index (χ1v) is 5.86. The summed E-state index contributed by atoms with van der Waals surface area (Å²) in [5.74, 6) is -0.341. The lowest BCUT2D eigenvalue weighted by Gasteiger charge is -2.13. The van der Waals surface area contributed by atoms with Gasteiger partial charge in [-0.15, -0.1) is 5.26 Å². The highest BCUT2D eigenvalue weighted by Crippen LogP contribution is 2.29. The van der Waals surface area contributed by atoms with Gasteiger partial charge in [0.1, 0.15) is 5.75 Å². The van der Waals surface area contributed by atoms with Crippen LogP contribution in [-0.2, 0) is 0 Å². The number of hydrogen-bond acceptors (Lipinski definition) is 4. The number of amides is 2. The van der Waals surface area contributed by atoms with E-state index < -0.39 is 0 Å². The summed E-state index contributed by atoms with van der Waals surface area (Å²) in [6.07, 6.45) is 1.56. The highest BCUT2D eigenvalue weighted by Gasteiger charge is 2.36. The number of carbonyl (C=O) groups excluding carboxylic acids is 2. The van der Waals surface area contributed by atoms with Crippen molar-refractivity contribution in [3.05, 3.63) is 59.7 Å². The maximum absolute atomic E-state index is 12.2. The molecule has 5 heteroatoms. The highest BCUT2D eigenvalue weighted by molar-refractivity contribution is 6.34. The van der Waals surface area contributed by atoms with Crippen LogP contribution in [0, 0.1) is 11.5 Å². The molecular weight excluding hydrogens is 256 g/mol. The Kier molecular flexibility index (Phi) is 2.70. The van der Waals surface area contributed by atoms with E-state index in [2.05, 4.69) is 4.74 Å². The van der Waals surface area contributed by atoms with E-state index in [4.69, 9.17) is 5.26 Å². The molecular formula is C15H8N2O3. The van der Waals surface area contributed by atoms with Crippen LogP contribution < -0.4 is 9.64 Å². The second kappa shape index (κ2) is 4.52. The summed E-state index contributed by atoms with van der Waals surface area (Å²) in [4.78, 5) is 25.6. The number of ether oxygens (including phenoxy) is 1. The average molecular weight is 264 g/mol. The summed E-state index contributed by atoms with van der Waals surface area (Å²) in [5, 5.41) is 8.41. The molecule has 1 aliphatic heterocycles. The Balaban J connectivity index is 1.99. The zero-order valence-electron chi connectivity index (χ0n) is 10.2. The van der Waals surface area contributed by atoms with Crippen LogP contribution in [0.2, 0.25) is 0 Å². The summed E-state index contributed by atoms with van der Waals surface area (Å²) < 4.78 is 4.66. The van der Waals surface area contributed by atoms with Crippen LogP contribution in [0.4, 0.5) is 5.69 Å². The van der Waals surface area contributed by atoms with E-state index in [1.807, 2.05) is 0 Å². The van der Waals surface area contributed by atoms with E-state index in [9.17, 15) is 9.59 Å². The lowest BCUT2D eigenvalue weighted by molar-refractivity contribution is 0.0926. The molecule has 0 aromatic heterocycles. The van der Waals surface area contributed by atoms with Crippen LogP contribution in [0.1, 0.15) is 20.7 Å². The van der Waals surface area contributed by atoms with Crippen LogP contribution in [0.5, 0.6) is 5.75 Å². The van der Waals surface area contributed by atoms with E-state index in [-0.39, 0.29) is 11.8 Å². The molecule has 96 valence electrons. The molecule has 5 nitrogen and oxygen atoms in total. The zero-order chi connectivity index (χ0) is 14.1. The topological polar surface area (TPSA) is 70.4 Å². The number of imide groups is 1. The van der Waals surface area contributed by atoms with Gasteiger partial charge >= 0.3 is 0 Å². The Morgan fingerprint density at radius 2 is 1.45 bits per heavy atom. The van der Waals surface area contributed by atoms with Crippen molar-refractivity contribution < 1.29 is 14.3 Å². The standard InChI is InChI=1S/C15H8N2O3/c16-9-20-11-7-5-10(6-8-11)17-14(18)12-3-1-2-4-13(12)15(17)19/h1-8H. The van der Waals surface area contributed by atoms with Crippen LogP contribution in [0.3, 0.4) is 0 Å². The molecule has 0 radical (unpaired) electrons. The molecule has 3 rings (SSSR count). The molecule has 1 aliphatic rings. The second-order valence-corrected chi connectivity index (χ2v) is 4.18. The molecule has 0 bridgehead atoms. The van der Waals surface area contributed by atoms with E-state index in [0.717, 1.165) is 4.90 Å². The molecule has 0 N–H and O–H groups in total. The summed E-state index contributed by atoms with van der Waals surface area (Å²) in [7, 11) is 0. The van der Waals surface area contributed by atoms with Gasteiger partial charge < -0.3 is 4.74 Å². The van der Waals surface area contributed by atoms with Crippen molar-refractivity contribution in [2.45, 2.75) is 0 Å². The third-order valence-electron chi connectivity index (χ3n) is 3.05. The molecule has 2 amide bonds. The number of benzene rings is 2. The van der Waals surface area contributed by atoms with Crippen molar-refractivity contribution in [3.63, 3.8) is 0 Å². The van der Waals surface area contributed by atoms with Gasteiger partial charge in [0.25, 0.3) is 18.1 Å². The van der Waals surface area contributed by atoms with Gasteiger partial charge in [0.15, 0.2) is 0 Å². The second-order valence-electron chi connectivity index (χ2n) is 4.18. The van der Waals surface area contributed by atoms with Gasteiger partial charge in [-0.2, -0.15) is 0 Å². The van der Waals surface area contributed by atoms with E-state index in [0.29, 0.717) is 22.6 Å². The number of fused-ring (bicyclic) bond motifs is 1. The SMILES string of the molecule is N#COc1ccc(N2C(=O)c3ccccc3C2=O)cc1. The maximum Gasteiger partial charge on any atom is 0.292 e. The van der Waals surface area contributed by atoms with Gasteiger partial charge in [-0.05, 0) is 36.4 Å². The Morgan fingerprint density at radius 1 is 0.900 bits per heavy atom. The predicted molar refractivity (Wildman–Crippen MR) is 70.3 cm³/mol. The monoisotopic (exact) mass is 264 g/mol. The fourth-order valence-corrected chi connectivity index (χ4v) is 2.14. The summed E-state index contributed by atoms with van der Waals surface area (Å²) in [6, 6.07) is 12.9. The number of hydrogen-bond donors (Lipinski definition) is 0. The van der Waals surface area contributed by atoms with Crippen LogP contribution >= 0.6 is 0 Å². The minimum atomic E-state index is -0.348. The van der Waals surface area contributed by atoms with Gasteiger partial charge in [-0.25, -0.2) is 4.90 Å². The van der Waals surface area contributed by atoms with Gasteiger partial charge in [0, 0.05) is 0 Å². The fraction of sp³-hybridized carbons (Fsp3) is 0. The molecule has 2 aromatic rings. The van der Waals surface area contributed by atoms with Crippen molar-refractivity contribution in [2.75, 3.05) is 4.90 Å². The van der Waals surface area contributed by atoms with Crippen molar-refractivity contribution in [3.8, 4) is 12.0 Å². The number of nitrogens with zero attached hydrogens (tertiary/aromatic N) is 2. The summed E-state index contributed by atoms with van der Waals surface area (Å²) in [6.45, 7) is 0. The first-order valence-electron chi connectivity index (χ1n) is 5.86. The molecule has 0 atom stereocenters. The molecule has 1 heterocycles. The van der Waals surface area contributed by atoms with Crippen LogP contribution in [0.15, 0.2) is 48.5 Å². The average Bonchev–Trinajstić information content (AvgIpc) is 2.73. The van der Waals surface area contributed by atoms with E-state index in [1.54, 1.807) is 42.7 Å². The zero-order valence-corrected chi connectivity index (χ0v) is 10.2. The lowest BCUT2D eigenvalue weighted by Crippen LogP contribution is -2.29. The van der Waals surface area contributed by atoms with Crippen LogP contribution in [-0.4, -0.2) is 11.8 Å². The quantitative estimate of drug-likeness (QED) is 0.616. The number of anilines is 1. The van der Waals surface area contributed by atoms with Crippen molar-refractivity contribution in [1.82, 2.24) is 0 Å². The third-order valence-corrected chi connectivity index (χ3v) is 3.05. The molecule has 0 spiro atoms. The molecule has 0 aliphatic carbocycles. The van der Waals surface area contributed by atoms with Gasteiger partial charge in [-0.1, -0.05) is 12.1 Å². The van der Waals surface area contributed by atoms with Gasteiger partial charge in [-0.3, -0.25) is 9.59 Å². The molecule has 0 saturated heterocycles. The van der Waals surface area contributed by atoms with E-state index in [1.165, 1.54) is 12.1 Å². The third kappa shape index (κ3) is 1.71. The molecule has 0 unspecified atom stereocenters. The van der Waals surface area contributed by atoms with E-state index >= 15 is 0 Å². The summed E-state index contributed by atoms with van der Waals surface area (Å²) >= 11 is 0. The minimum absolute atomic E-state index is 0.348. The van der Waals surface area contributed by atoms with Crippen LogP contribution in [0.25, 0.3) is 0 Å². The largest absolute Gasteiger partial charge is 0.388 e. The Hall–Kier alpha value is -3.13. The van der Waals surface area contributed by atoms with Gasteiger partial charge in [0.05, 0.1) is 16.8 Å². The number of carbonyl (C=O) groups is 2. The molecule has 20 heavy (non-hydrogen) atoms. The Morgan fingerprint density at radius 3 is 1.95 bits per heavy atom. The van der Waals surface area contributed by atoms with Crippen molar-refractivity contribution in [2.24, 2.45) is 0 Å². The Bertz CT molecular complexity index is 709. The van der Waals surface area contributed by atoms with Gasteiger partial charge in [0.2, 0.25) is 0 Å². The molecule has 0 fully saturated rings. The Labute approximate surface area is 114 Å². The molecule has 0 saturated carbocycles. The fourth-order valence-electron chi connectivity index (χ4n) is 2.14. The minimum Gasteiger partial charge on any atom is -0.388 e. The predicted octanol–water partition coefficient (Wildman–Crippen LogP) is 2.35. The maximum atomic E-state index is 12.2. The molecule has 2 aromatic carbocycles. The highest BCUT2D eigenvalue weighted by atomic mass is 16.5. The number of nitriles is 1. The lowest BCUT2D eigenvalue weighted by atomic mass is 10.1. The first-order chi connectivity index (χ1) is 9.72. The summed E-state index contributed by atoms with van der Waals surface area (Å²) in [5.41, 5.74) is 1.24. The first kappa shape index (κ1) is 11.9. The van der Waals surface area contributed by atoms with Crippen molar-refractivity contribution >= 4 is 17.5 Å². The normalized spacial score (nSPS) is 13.1. The smallest absolute Gasteiger partial charge is 0.292 e.